The number of allylic oxidation sites excluding steroid dienone is 1. The second kappa shape index (κ2) is 6.32. The van der Waals surface area contributed by atoms with Gasteiger partial charge in [0.15, 0.2) is 0 Å². The van der Waals surface area contributed by atoms with Gasteiger partial charge in [-0.25, -0.2) is 0 Å². The predicted octanol–water partition coefficient (Wildman–Crippen LogP) is 4.08. The zero-order valence-electron chi connectivity index (χ0n) is 9.04. The molecule has 1 heteroatoms. The van der Waals surface area contributed by atoms with E-state index in [0.29, 0.717) is 0 Å². The summed E-state index contributed by atoms with van der Waals surface area (Å²) in [6, 6.07) is 18.9. The molecule has 0 aliphatic carbocycles. The van der Waals surface area contributed by atoms with Gasteiger partial charge in [-0.2, -0.15) is 0 Å². The van der Waals surface area contributed by atoms with Gasteiger partial charge in [0.1, 0.15) is 0 Å². The summed E-state index contributed by atoms with van der Waals surface area (Å²) in [6.07, 6.45) is 2.87. The maximum Gasteiger partial charge on any atom is 0 e. The average Bonchev–Trinajstić information content (AvgIpc) is 2.31. The van der Waals surface area contributed by atoms with E-state index in [4.69, 9.17) is 0 Å². The van der Waals surface area contributed by atoms with Crippen LogP contribution in [0.2, 0.25) is 0 Å². The molecule has 0 atom stereocenters. The zero-order valence-corrected chi connectivity index (χ0v) is 10.1. The number of hydrogen-bond donors (Lipinski definition) is 0. The molecule has 0 saturated heterocycles. The van der Waals surface area contributed by atoms with Crippen LogP contribution in [0.3, 0.4) is 0 Å². The third-order valence-electron chi connectivity index (χ3n) is 2.47. The average molecular weight is 250 g/mol. The molecule has 0 N–H and O–H groups in total. The first-order valence-electron chi connectivity index (χ1n) is 5.16. The summed E-state index contributed by atoms with van der Waals surface area (Å²) in [7, 11) is 0. The van der Waals surface area contributed by atoms with Crippen LogP contribution in [0.5, 0.6) is 0 Å². The van der Waals surface area contributed by atoms with Crippen molar-refractivity contribution in [3.05, 3.63) is 72.8 Å². The molecule has 0 saturated carbocycles. The van der Waals surface area contributed by atoms with Crippen LogP contribution in [0.15, 0.2) is 67.3 Å². The Hall–Kier alpha value is -1.30. The van der Waals surface area contributed by atoms with E-state index in [2.05, 4.69) is 55.1 Å². The van der Waals surface area contributed by atoms with Crippen molar-refractivity contribution in [3.8, 4) is 11.1 Å². The van der Waals surface area contributed by atoms with Crippen molar-refractivity contribution in [2.24, 2.45) is 0 Å². The Labute approximate surface area is 107 Å². The van der Waals surface area contributed by atoms with E-state index in [1.807, 2.05) is 12.1 Å². The summed E-state index contributed by atoms with van der Waals surface area (Å²) in [4.78, 5) is 0. The second-order valence-electron chi connectivity index (χ2n) is 3.52. The number of rotatable bonds is 3. The van der Waals surface area contributed by atoms with E-state index in [-0.39, 0.29) is 17.1 Å². The van der Waals surface area contributed by atoms with Gasteiger partial charge in [0.25, 0.3) is 0 Å². The molecule has 0 aliphatic heterocycles. The van der Waals surface area contributed by atoms with Gasteiger partial charge in [-0.15, -0.1) is 6.58 Å². The Bertz CT molecular complexity index is 446. The Balaban J connectivity index is 0.00000128. The molecule has 2 aromatic rings. The fraction of sp³-hybridized carbons (Fsp3) is 0.0667. The Kier molecular flexibility index (Phi) is 5.04. The summed E-state index contributed by atoms with van der Waals surface area (Å²) in [6.45, 7) is 3.79. The monoisotopic (exact) mass is 250 g/mol. The van der Waals surface area contributed by atoms with Crippen LogP contribution in [0, 0.1) is 0 Å². The minimum absolute atomic E-state index is 0. The van der Waals surface area contributed by atoms with Crippen molar-refractivity contribution in [2.45, 2.75) is 6.42 Å². The Morgan fingerprint density at radius 3 is 2.19 bits per heavy atom. The Morgan fingerprint density at radius 1 is 0.875 bits per heavy atom. The van der Waals surface area contributed by atoms with Crippen LogP contribution in [0.4, 0.5) is 0 Å². The third-order valence-corrected chi connectivity index (χ3v) is 2.47. The molecule has 82 valence electrons. The first kappa shape index (κ1) is 12.8. The largest absolute Gasteiger partial charge is 0.103 e. The smallest absolute Gasteiger partial charge is 0 e. The molecule has 0 nitrogen and oxygen atoms in total. The fourth-order valence-corrected chi connectivity index (χ4v) is 1.75. The second-order valence-corrected chi connectivity index (χ2v) is 3.52. The molecule has 0 amide bonds. The van der Waals surface area contributed by atoms with Gasteiger partial charge < -0.3 is 0 Å². The van der Waals surface area contributed by atoms with Crippen LogP contribution in [-0.4, -0.2) is 0 Å². The maximum atomic E-state index is 3.79. The molecule has 0 fully saturated rings. The molecule has 2 rings (SSSR count). The molecule has 2 aromatic carbocycles. The van der Waals surface area contributed by atoms with Crippen molar-refractivity contribution in [3.63, 3.8) is 0 Å². The fourth-order valence-electron chi connectivity index (χ4n) is 1.75. The van der Waals surface area contributed by atoms with E-state index in [0.717, 1.165) is 6.42 Å². The minimum atomic E-state index is 0. The van der Waals surface area contributed by atoms with Gasteiger partial charge in [0, 0.05) is 17.1 Å². The summed E-state index contributed by atoms with van der Waals surface area (Å²) >= 11 is 0. The summed E-state index contributed by atoms with van der Waals surface area (Å²) in [5.41, 5.74) is 3.91. The summed E-state index contributed by atoms with van der Waals surface area (Å²) in [5.74, 6) is 0. The molecule has 0 spiro atoms. The van der Waals surface area contributed by atoms with Crippen molar-refractivity contribution in [1.29, 1.82) is 0 Å². The van der Waals surface area contributed by atoms with Gasteiger partial charge in [-0.05, 0) is 23.1 Å². The van der Waals surface area contributed by atoms with Gasteiger partial charge in [-0.3, -0.25) is 0 Å². The molecule has 0 heterocycles. The van der Waals surface area contributed by atoms with E-state index >= 15 is 0 Å². The standard InChI is InChI=1S/C15H14.Fe/c1-2-8-13-11-6-7-12-15(13)14-9-4-3-5-10-14;/h2-7,9-12H,1,8H2;. The summed E-state index contributed by atoms with van der Waals surface area (Å²) in [5, 5.41) is 0. The predicted molar refractivity (Wildman–Crippen MR) is 65.8 cm³/mol. The maximum absolute atomic E-state index is 3.79. The number of benzene rings is 2. The van der Waals surface area contributed by atoms with Crippen molar-refractivity contribution >= 4 is 0 Å². The van der Waals surface area contributed by atoms with Crippen LogP contribution in [0.1, 0.15) is 5.56 Å². The third kappa shape index (κ3) is 2.85. The topological polar surface area (TPSA) is 0 Å². The molecule has 0 aromatic heterocycles. The first-order valence-corrected chi connectivity index (χ1v) is 5.16. The van der Waals surface area contributed by atoms with Crippen molar-refractivity contribution in [2.75, 3.05) is 0 Å². The Morgan fingerprint density at radius 2 is 1.50 bits per heavy atom. The molecule has 0 aliphatic rings. The van der Waals surface area contributed by atoms with Crippen molar-refractivity contribution in [1.82, 2.24) is 0 Å². The van der Waals surface area contributed by atoms with Crippen LogP contribution in [-0.2, 0) is 23.5 Å². The van der Waals surface area contributed by atoms with E-state index < -0.39 is 0 Å². The molecule has 16 heavy (non-hydrogen) atoms. The normalized spacial score (nSPS) is 9.25. The van der Waals surface area contributed by atoms with Crippen LogP contribution >= 0.6 is 0 Å². The summed E-state index contributed by atoms with van der Waals surface area (Å²) < 4.78 is 0. The first-order chi connectivity index (χ1) is 7.42. The van der Waals surface area contributed by atoms with E-state index in [9.17, 15) is 0 Å². The molecular formula is C15H14Fe. The molecule has 0 bridgehead atoms. The van der Waals surface area contributed by atoms with Crippen molar-refractivity contribution < 1.29 is 17.1 Å². The molecule has 0 radical (unpaired) electrons. The van der Waals surface area contributed by atoms with Crippen LogP contribution < -0.4 is 0 Å². The van der Waals surface area contributed by atoms with Gasteiger partial charge in [0.2, 0.25) is 0 Å². The minimum Gasteiger partial charge on any atom is -0.103 e. The molecule has 0 unspecified atom stereocenters. The molecular weight excluding hydrogens is 236 g/mol. The van der Waals surface area contributed by atoms with Gasteiger partial charge >= 0.3 is 0 Å². The van der Waals surface area contributed by atoms with E-state index in [1.165, 1.54) is 16.7 Å². The van der Waals surface area contributed by atoms with Crippen LogP contribution in [0.25, 0.3) is 11.1 Å². The zero-order chi connectivity index (χ0) is 10.5. The SMILES string of the molecule is C=CCc1ccccc1-c1ccccc1.[Fe]. The quantitative estimate of drug-likeness (QED) is 0.568. The van der Waals surface area contributed by atoms with E-state index in [1.54, 1.807) is 0 Å². The van der Waals surface area contributed by atoms with Gasteiger partial charge in [-0.1, -0.05) is 60.7 Å². The van der Waals surface area contributed by atoms with Gasteiger partial charge in [0.05, 0.1) is 0 Å². The number of hydrogen-bond acceptors (Lipinski definition) is 0.